The van der Waals surface area contributed by atoms with Crippen LogP contribution >= 0.6 is 22.6 Å². The number of carbonyl (C=O) groups excluding carboxylic acids is 3. The van der Waals surface area contributed by atoms with Gasteiger partial charge in [-0.3, -0.25) is 14.4 Å². The highest BCUT2D eigenvalue weighted by atomic mass is 127. The second kappa shape index (κ2) is 12.0. The van der Waals surface area contributed by atoms with Crippen LogP contribution in [0.3, 0.4) is 0 Å². The topological polar surface area (TPSA) is 107 Å². The lowest BCUT2D eigenvalue weighted by atomic mass is 9.99. The van der Waals surface area contributed by atoms with E-state index in [1.807, 2.05) is 30.3 Å². The van der Waals surface area contributed by atoms with E-state index in [1.165, 1.54) is 20.8 Å². The smallest absolute Gasteiger partial charge is 0.303 e. The zero-order valence-electron chi connectivity index (χ0n) is 18.8. The van der Waals surface area contributed by atoms with Crippen LogP contribution in [-0.2, 0) is 33.3 Å². The van der Waals surface area contributed by atoms with Crippen LogP contribution in [0, 0.1) is 0 Å². The van der Waals surface area contributed by atoms with Crippen molar-refractivity contribution >= 4 is 40.5 Å². The minimum atomic E-state index is -1.19. The lowest BCUT2D eigenvalue weighted by molar-refractivity contribution is -0.279. The van der Waals surface area contributed by atoms with Crippen molar-refractivity contribution in [2.75, 3.05) is 4.43 Å². The van der Waals surface area contributed by atoms with Gasteiger partial charge in [-0.1, -0.05) is 46.9 Å². The summed E-state index contributed by atoms with van der Waals surface area (Å²) in [5, 5.41) is 0. The Morgan fingerprint density at radius 2 is 1.32 bits per heavy atom. The highest BCUT2D eigenvalue weighted by Crippen LogP contribution is 2.33. The molecule has 10 heteroatoms. The largest absolute Gasteiger partial charge is 0.461 e. The number of alkyl halides is 1. The maximum Gasteiger partial charge on any atom is 0.303 e. The number of hydrogen-bond donors (Lipinski definition) is 0. The molecule has 1 aliphatic heterocycles. The summed E-state index contributed by atoms with van der Waals surface area (Å²) >= 11 is 2.06. The van der Waals surface area contributed by atoms with Gasteiger partial charge in [0, 0.05) is 31.3 Å². The molecule has 182 valence electrons. The Morgan fingerprint density at radius 3 is 1.94 bits per heavy atom. The molecule has 0 saturated carbocycles. The van der Waals surface area contributed by atoms with E-state index < -0.39 is 48.6 Å². The molecule has 0 aliphatic carbocycles. The van der Waals surface area contributed by atoms with E-state index in [4.69, 9.17) is 28.4 Å². The van der Waals surface area contributed by atoms with Crippen molar-refractivity contribution in [3.05, 3.63) is 54.6 Å². The molecule has 9 nitrogen and oxygen atoms in total. The first kappa shape index (κ1) is 25.8. The van der Waals surface area contributed by atoms with Crippen LogP contribution < -0.4 is 9.47 Å². The number of rotatable bonds is 8. The third-order valence-electron chi connectivity index (χ3n) is 4.69. The highest BCUT2D eigenvalue weighted by Gasteiger charge is 2.52. The third kappa shape index (κ3) is 7.07. The molecule has 0 radical (unpaired) electrons. The Balaban J connectivity index is 1.89. The molecule has 3 rings (SSSR count). The van der Waals surface area contributed by atoms with Crippen molar-refractivity contribution in [3.8, 4) is 17.2 Å². The first-order chi connectivity index (χ1) is 16.3. The Kier molecular flexibility index (Phi) is 9.11. The number of ether oxygens (including phenoxy) is 6. The predicted molar refractivity (Wildman–Crippen MR) is 128 cm³/mol. The van der Waals surface area contributed by atoms with Crippen molar-refractivity contribution in [3.63, 3.8) is 0 Å². The SMILES string of the molecule is CC(=O)OC1C(CI)OC(Oc2cccc(Oc3ccccc3)c2)C(OC(C)=O)C1OC(C)=O. The van der Waals surface area contributed by atoms with Crippen LogP contribution in [0.2, 0.25) is 0 Å². The lowest BCUT2D eigenvalue weighted by Crippen LogP contribution is -2.63. The molecule has 1 saturated heterocycles. The van der Waals surface area contributed by atoms with Crippen molar-refractivity contribution in [1.29, 1.82) is 0 Å². The number of carbonyl (C=O) groups is 3. The first-order valence-electron chi connectivity index (χ1n) is 10.5. The molecule has 0 amide bonds. The molecule has 0 N–H and O–H groups in total. The number of hydrogen-bond acceptors (Lipinski definition) is 9. The molecule has 2 aromatic carbocycles. The molecule has 1 heterocycles. The van der Waals surface area contributed by atoms with Gasteiger partial charge in [-0.15, -0.1) is 0 Å². The summed E-state index contributed by atoms with van der Waals surface area (Å²) in [7, 11) is 0. The van der Waals surface area contributed by atoms with Gasteiger partial charge in [-0.25, -0.2) is 0 Å². The van der Waals surface area contributed by atoms with Crippen LogP contribution in [0.25, 0.3) is 0 Å². The number of esters is 3. The summed E-state index contributed by atoms with van der Waals surface area (Å²) in [5.41, 5.74) is 0. The van der Waals surface area contributed by atoms with Crippen LogP contribution in [-0.4, -0.2) is 53.0 Å². The lowest BCUT2D eigenvalue weighted by Gasteiger charge is -2.43. The Morgan fingerprint density at radius 1 is 0.765 bits per heavy atom. The van der Waals surface area contributed by atoms with E-state index in [1.54, 1.807) is 24.3 Å². The fraction of sp³-hybridized carbons (Fsp3) is 0.375. The first-order valence-corrected chi connectivity index (χ1v) is 12.0. The van der Waals surface area contributed by atoms with Gasteiger partial charge < -0.3 is 28.4 Å². The fourth-order valence-corrected chi connectivity index (χ4v) is 4.15. The average Bonchev–Trinajstić information content (AvgIpc) is 2.77. The molecule has 34 heavy (non-hydrogen) atoms. The zero-order valence-corrected chi connectivity index (χ0v) is 21.0. The molecule has 0 bridgehead atoms. The van der Waals surface area contributed by atoms with Crippen molar-refractivity contribution < 1.29 is 42.8 Å². The monoisotopic (exact) mass is 584 g/mol. The van der Waals surface area contributed by atoms with Crippen LogP contribution in [0.4, 0.5) is 0 Å². The van der Waals surface area contributed by atoms with Crippen LogP contribution in [0.15, 0.2) is 54.6 Å². The van der Waals surface area contributed by atoms with E-state index in [2.05, 4.69) is 22.6 Å². The van der Waals surface area contributed by atoms with E-state index in [0.717, 1.165) is 0 Å². The maximum absolute atomic E-state index is 11.9. The minimum Gasteiger partial charge on any atom is -0.461 e. The number of para-hydroxylation sites is 1. The van der Waals surface area contributed by atoms with Gasteiger partial charge in [0.1, 0.15) is 23.4 Å². The molecule has 0 aromatic heterocycles. The second-order valence-electron chi connectivity index (χ2n) is 7.43. The van der Waals surface area contributed by atoms with Crippen molar-refractivity contribution in [1.82, 2.24) is 0 Å². The fourth-order valence-electron chi connectivity index (χ4n) is 3.44. The molecule has 5 unspecified atom stereocenters. The van der Waals surface area contributed by atoms with Gasteiger partial charge in [0.25, 0.3) is 0 Å². The molecule has 1 aliphatic rings. The summed E-state index contributed by atoms with van der Waals surface area (Å²) in [4.78, 5) is 35.4. The summed E-state index contributed by atoms with van der Waals surface area (Å²) < 4.78 is 34.5. The summed E-state index contributed by atoms with van der Waals surface area (Å²) in [5.74, 6) is -0.332. The quantitative estimate of drug-likeness (QED) is 0.198. The van der Waals surface area contributed by atoms with Crippen molar-refractivity contribution in [2.45, 2.75) is 51.5 Å². The molecule has 5 atom stereocenters. The van der Waals surface area contributed by atoms with Gasteiger partial charge in [0.05, 0.1) is 0 Å². The normalized spacial score (nSPS) is 23.9. The van der Waals surface area contributed by atoms with E-state index in [-0.39, 0.29) is 0 Å². The molecule has 2 aromatic rings. The zero-order chi connectivity index (χ0) is 24.7. The van der Waals surface area contributed by atoms with Gasteiger partial charge in [-0.2, -0.15) is 0 Å². The summed E-state index contributed by atoms with van der Waals surface area (Å²) in [6, 6.07) is 16.1. The Hall–Kier alpha value is -2.86. The summed E-state index contributed by atoms with van der Waals surface area (Å²) in [6.07, 6.45) is -5.15. The van der Waals surface area contributed by atoms with Gasteiger partial charge in [0.15, 0.2) is 12.2 Å². The second-order valence-corrected chi connectivity index (χ2v) is 8.31. The number of benzene rings is 2. The van der Waals surface area contributed by atoms with E-state index >= 15 is 0 Å². The Bertz CT molecular complexity index is 997. The van der Waals surface area contributed by atoms with Gasteiger partial charge in [0.2, 0.25) is 12.4 Å². The van der Waals surface area contributed by atoms with Crippen LogP contribution in [0.1, 0.15) is 20.8 Å². The van der Waals surface area contributed by atoms with Gasteiger partial charge >= 0.3 is 17.9 Å². The molecular formula is C24H25IO9. The van der Waals surface area contributed by atoms with Crippen molar-refractivity contribution in [2.24, 2.45) is 0 Å². The highest BCUT2D eigenvalue weighted by molar-refractivity contribution is 14.1. The summed E-state index contributed by atoms with van der Waals surface area (Å²) in [6.45, 7) is 3.66. The standard InChI is InChI=1S/C24H25IO9/c1-14(26)29-21-20(13-25)34-24(23(31-16(3)28)22(21)30-15(2)27)33-19-11-7-10-18(12-19)32-17-8-5-4-6-9-17/h4-12,20-24H,13H2,1-3H3. The van der Waals surface area contributed by atoms with Gasteiger partial charge in [-0.05, 0) is 24.3 Å². The third-order valence-corrected chi connectivity index (χ3v) is 5.55. The van der Waals surface area contributed by atoms with E-state index in [9.17, 15) is 14.4 Å². The van der Waals surface area contributed by atoms with Crippen LogP contribution in [0.5, 0.6) is 17.2 Å². The predicted octanol–water partition coefficient (Wildman–Crippen LogP) is 3.81. The minimum absolute atomic E-state index is 0.371. The molecular weight excluding hydrogens is 559 g/mol. The average molecular weight is 584 g/mol. The van der Waals surface area contributed by atoms with E-state index in [0.29, 0.717) is 21.7 Å². The molecule has 0 spiro atoms. The number of halogens is 1. The maximum atomic E-state index is 11.9. The Labute approximate surface area is 210 Å². The molecule has 1 fully saturated rings.